The van der Waals surface area contributed by atoms with Crippen LogP contribution in [0.4, 0.5) is 17.1 Å². The maximum absolute atomic E-state index is 13.0. The number of hydrogen-bond donors (Lipinski definition) is 3. The van der Waals surface area contributed by atoms with Crippen molar-refractivity contribution in [3.05, 3.63) is 101 Å². The van der Waals surface area contributed by atoms with Gasteiger partial charge in [0.1, 0.15) is 5.69 Å². The molecular formula is C24H22N6O2S. The van der Waals surface area contributed by atoms with E-state index in [0.717, 1.165) is 11.4 Å². The minimum absolute atomic E-state index is 0.235. The average Bonchev–Trinajstić information content (AvgIpc) is 3.03. The van der Waals surface area contributed by atoms with Crippen molar-refractivity contribution in [2.45, 2.75) is 6.92 Å². The van der Waals surface area contributed by atoms with Gasteiger partial charge in [-0.1, -0.05) is 24.3 Å². The number of nitrogens with one attached hydrogen (secondary N) is 3. The predicted octanol–water partition coefficient (Wildman–Crippen LogP) is 3.94. The fraction of sp³-hybridized carbons (Fsp3) is 0.0833. The summed E-state index contributed by atoms with van der Waals surface area (Å²) in [6.45, 7) is 1.79. The Balaban J connectivity index is 1.52. The monoisotopic (exact) mass is 458 g/mol. The van der Waals surface area contributed by atoms with Gasteiger partial charge >= 0.3 is 0 Å². The van der Waals surface area contributed by atoms with Crippen molar-refractivity contribution < 1.29 is 4.79 Å². The first-order valence-corrected chi connectivity index (χ1v) is 10.6. The highest BCUT2D eigenvalue weighted by atomic mass is 32.1. The predicted molar refractivity (Wildman–Crippen MR) is 134 cm³/mol. The molecule has 0 unspecified atom stereocenters. The van der Waals surface area contributed by atoms with Crippen molar-refractivity contribution >= 4 is 40.3 Å². The second-order valence-corrected chi connectivity index (χ2v) is 7.70. The van der Waals surface area contributed by atoms with Gasteiger partial charge in [-0.25, -0.2) is 4.68 Å². The smallest absolute Gasteiger partial charge is 0.295 e. The van der Waals surface area contributed by atoms with Crippen molar-refractivity contribution in [1.82, 2.24) is 14.3 Å². The zero-order chi connectivity index (χ0) is 23.4. The average molecular weight is 459 g/mol. The van der Waals surface area contributed by atoms with Gasteiger partial charge < -0.3 is 16.0 Å². The van der Waals surface area contributed by atoms with E-state index in [9.17, 15) is 9.59 Å². The van der Waals surface area contributed by atoms with Crippen LogP contribution in [0.2, 0.25) is 0 Å². The summed E-state index contributed by atoms with van der Waals surface area (Å²) in [6.07, 6.45) is 3.33. The molecule has 0 aliphatic rings. The minimum Gasteiger partial charge on any atom is -0.332 e. The Hall–Kier alpha value is -4.24. The van der Waals surface area contributed by atoms with Crippen LogP contribution in [0, 0.1) is 6.92 Å². The Labute approximate surface area is 195 Å². The van der Waals surface area contributed by atoms with E-state index in [1.54, 1.807) is 61.4 Å². The third-order valence-electron chi connectivity index (χ3n) is 5.09. The van der Waals surface area contributed by atoms with Gasteiger partial charge in [0.25, 0.3) is 11.5 Å². The molecule has 0 atom stereocenters. The van der Waals surface area contributed by atoms with Gasteiger partial charge in [-0.05, 0) is 61.6 Å². The minimum atomic E-state index is -0.393. The molecule has 4 rings (SSSR count). The Morgan fingerprint density at radius 2 is 1.67 bits per heavy atom. The van der Waals surface area contributed by atoms with Crippen molar-refractivity contribution in [1.29, 1.82) is 0 Å². The number of pyridine rings is 1. The lowest BCUT2D eigenvalue weighted by molar-refractivity contribution is 0.102. The second-order valence-electron chi connectivity index (χ2n) is 7.29. The summed E-state index contributed by atoms with van der Waals surface area (Å²) < 4.78 is 3.24. The standard InChI is InChI=1S/C24H22N6O2S/c1-16-21(23(32)30(29(16)2)20-11-4-3-5-12-20)28-22(31)17-8-6-9-18(14-17)26-24(33)27-19-10-7-13-25-15-19/h3-15H,1-2H3,(H,28,31)(H2,26,27,33). The lowest BCUT2D eigenvalue weighted by atomic mass is 10.2. The number of thiocarbonyl (C=S) groups is 1. The van der Waals surface area contributed by atoms with Gasteiger partial charge in [-0.15, -0.1) is 0 Å². The zero-order valence-electron chi connectivity index (χ0n) is 18.1. The van der Waals surface area contributed by atoms with E-state index < -0.39 is 5.91 Å². The summed E-state index contributed by atoms with van der Waals surface area (Å²) in [6, 6.07) is 19.8. The molecule has 3 N–H and O–H groups in total. The molecule has 9 heteroatoms. The maximum atomic E-state index is 13.0. The molecule has 0 bridgehead atoms. The normalized spacial score (nSPS) is 10.5. The first-order chi connectivity index (χ1) is 15.9. The number of benzene rings is 2. The van der Waals surface area contributed by atoms with Crippen LogP contribution in [0.3, 0.4) is 0 Å². The van der Waals surface area contributed by atoms with Crippen molar-refractivity contribution in [2.75, 3.05) is 16.0 Å². The summed E-state index contributed by atoms with van der Waals surface area (Å²) in [5, 5.41) is 9.21. The Kier molecular flexibility index (Phi) is 6.32. The Morgan fingerprint density at radius 3 is 2.39 bits per heavy atom. The summed E-state index contributed by atoms with van der Waals surface area (Å²) in [5.74, 6) is -0.393. The molecule has 33 heavy (non-hydrogen) atoms. The van der Waals surface area contributed by atoms with Gasteiger partial charge in [0, 0.05) is 24.5 Å². The number of rotatable bonds is 5. The van der Waals surface area contributed by atoms with E-state index in [1.165, 1.54) is 4.68 Å². The molecule has 0 saturated heterocycles. The number of carbonyl (C=O) groups excluding carboxylic acids is 1. The van der Waals surface area contributed by atoms with Gasteiger partial charge in [-0.3, -0.25) is 19.3 Å². The highest BCUT2D eigenvalue weighted by Gasteiger charge is 2.19. The van der Waals surface area contributed by atoms with E-state index in [4.69, 9.17) is 12.2 Å². The van der Waals surface area contributed by atoms with Crippen LogP contribution in [0.5, 0.6) is 0 Å². The van der Waals surface area contributed by atoms with Crippen molar-refractivity contribution in [3.8, 4) is 5.69 Å². The third kappa shape index (κ3) is 4.83. The van der Waals surface area contributed by atoms with Crippen molar-refractivity contribution in [3.63, 3.8) is 0 Å². The molecule has 1 amide bonds. The first kappa shape index (κ1) is 22.0. The molecule has 0 aliphatic carbocycles. The van der Waals surface area contributed by atoms with Crippen molar-refractivity contribution in [2.24, 2.45) is 7.05 Å². The molecule has 166 valence electrons. The Bertz CT molecular complexity index is 1360. The summed E-state index contributed by atoms with van der Waals surface area (Å²) >= 11 is 5.33. The molecule has 0 spiro atoms. The van der Waals surface area contributed by atoms with Crippen LogP contribution < -0.4 is 21.5 Å². The van der Waals surface area contributed by atoms with Crippen LogP contribution in [-0.2, 0) is 7.05 Å². The third-order valence-corrected chi connectivity index (χ3v) is 5.30. The summed E-state index contributed by atoms with van der Waals surface area (Å²) in [5.41, 5.74) is 3.07. The number of carbonyl (C=O) groups is 1. The molecule has 0 radical (unpaired) electrons. The molecule has 4 aromatic rings. The lowest BCUT2D eigenvalue weighted by Gasteiger charge is -2.11. The first-order valence-electron chi connectivity index (χ1n) is 10.2. The molecule has 0 saturated carbocycles. The molecule has 0 aliphatic heterocycles. The van der Waals surface area contributed by atoms with Crippen LogP contribution in [0.25, 0.3) is 5.69 Å². The van der Waals surface area contributed by atoms with E-state index in [2.05, 4.69) is 20.9 Å². The van der Waals surface area contributed by atoms with Crippen LogP contribution in [-0.4, -0.2) is 25.4 Å². The fourth-order valence-corrected chi connectivity index (χ4v) is 3.60. The van der Waals surface area contributed by atoms with E-state index in [1.807, 2.05) is 36.4 Å². The van der Waals surface area contributed by atoms with E-state index >= 15 is 0 Å². The Morgan fingerprint density at radius 1 is 0.939 bits per heavy atom. The number of anilines is 3. The lowest BCUT2D eigenvalue weighted by Crippen LogP contribution is -2.23. The van der Waals surface area contributed by atoms with E-state index in [0.29, 0.717) is 22.1 Å². The van der Waals surface area contributed by atoms with Gasteiger partial charge in [-0.2, -0.15) is 0 Å². The van der Waals surface area contributed by atoms with Gasteiger partial charge in [0.15, 0.2) is 5.11 Å². The maximum Gasteiger partial charge on any atom is 0.295 e. The molecule has 0 fully saturated rings. The fourth-order valence-electron chi connectivity index (χ4n) is 3.37. The van der Waals surface area contributed by atoms with Crippen LogP contribution >= 0.6 is 12.2 Å². The number of nitrogens with zero attached hydrogens (tertiary/aromatic N) is 3. The molecular weight excluding hydrogens is 436 g/mol. The molecule has 2 aromatic carbocycles. The van der Waals surface area contributed by atoms with Crippen LogP contribution in [0.15, 0.2) is 83.9 Å². The van der Waals surface area contributed by atoms with E-state index in [-0.39, 0.29) is 11.2 Å². The largest absolute Gasteiger partial charge is 0.332 e. The van der Waals surface area contributed by atoms with Gasteiger partial charge in [0.05, 0.1) is 23.3 Å². The second kappa shape index (κ2) is 9.49. The summed E-state index contributed by atoms with van der Waals surface area (Å²) in [7, 11) is 1.78. The molecule has 8 nitrogen and oxygen atoms in total. The highest BCUT2D eigenvalue weighted by molar-refractivity contribution is 7.80. The number of para-hydroxylation sites is 1. The number of aromatic nitrogens is 3. The quantitative estimate of drug-likeness (QED) is 0.392. The number of amides is 1. The SMILES string of the molecule is Cc1c(NC(=O)c2cccc(NC(=S)Nc3cccnc3)c2)c(=O)n(-c2ccccc2)n1C. The topological polar surface area (TPSA) is 93.0 Å². The molecule has 2 heterocycles. The zero-order valence-corrected chi connectivity index (χ0v) is 18.9. The highest BCUT2D eigenvalue weighted by Crippen LogP contribution is 2.17. The molecule has 2 aromatic heterocycles. The van der Waals surface area contributed by atoms with Gasteiger partial charge in [0.2, 0.25) is 0 Å². The van der Waals surface area contributed by atoms with Crippen LogP contribution in [0.1, 0.15) is 16.1 Å². The number of hydrogen-bond acceptors (Lipinski definition) is 4. The summed E-state index contributed by atoms with van der Waals surface area (Å²) in [4.78, 5) is 30.0.